The summed E-state index contributed by atoms with van der Waals surface area (Å²) in [6, 6.07) is 0. The Morgan fingerprint density at radius 3 is 1.98 bits per heavy atom. The summed E-state index contributed by atoms with van der Waals surface area (Å²) in [5.74, 6) is 1.66. The van der Waals surface area contributed by atoms with Gasteiger partial charge in [0.15, 0.2) is 16.6 Å². The minimum Gasteiger partial charge on any atom is -0.519 e. The van der Waals surface area contributed by atoms with Gasteiger partial charge in [0, 0.05) is 12.0 Å². The molecular weight excluding hydrogens is 617 g/mol. The number of fused-ring (bicyclic) bond motifs is 7. The van der Waals surface area contributed by atoms with Crippen molar-refractivity contribution in [2.75, 3.05) is 6.61 Å². The van der Waals surface area contributed by atoms with E-state index in [4.69, 9.17) is 13.3 Å². The Morgan fingerprint density at radius 1 is 0.761 bits per heavy atom. The molecule has 0 amide bonds. The van der Waals surface area contributed by atoms with Gasteiger partial charge in [-0.2, -0.15) is 0 Å². The van der Waals surface area contributed by atoms with Gasteiger partial charge in [-0.15, -0.1) is 0 Å². The van der Waals surface area contributed by atoms with E-state index in [-0.39, 0.29) is 44.6 Å². The zero-order valence-corrected chi connectivity index (χ0v) is 35.8. The van der Waals surface area contributed by atoms with E-state index in [1.54, 1.807) is 5.57 Å². The Bertz CT molecular complexity index is 1220. The predicted molar refractivity (Wildman–Crippen MR) is 200 cm³/mol. The molecule has 46 heavy (non-hydrogen) atoms. The molecule has 4 saturated carbocycles. The molecule has 0 bridgehead atoms. The van der Waals surface area contributed by atoms with Gasteiger partial charge in [0.25, 0.3) is 5.97 Å². The van der Waals surface area contributed by atoms with Gasteiger partial charge in [-0.3, -0.25) is 4.79 Å². The maximum atomic E-state index is 14.3. The van der Waals surface area contributed by atoms with E-state index in [2.05, 4.69) is 107 Å². The first-order valence-corrected chi connectivity index (χ1v) is 29.2. The van der Waals surface area contributed by atoms with E-state index in [1.165, 1.54) is 19.3 Å². The Labute approximate surface area is 287 Å². The Balaban J connectivity index is 1.55. The summed E-state index contributed by atoms with van der Waals surface area (Å²) in [5, 5.41) is 0. The Kier molecular flexibility index (Phi) is 9.18. The molecule has 0 saturated heterocycles. The molecule has 0 radical (unpaired) electrons. The highest BCUT2D eigenvalue weighted by Gasteiger charge is 2.70. The Hall–Kier alpha value is -0.219. The average Bonchev–Trinajstić information content (AvgIpc) is 2.87. The fraction of sp³-hybridized carbons (Fsp3) is 0.923. The third kappa shape index (κ3) is 6.19. The van der Waals surface area contributed by atoms with E-state index in [0.29, 0.717) is 17.8 Å². The SMILES string of the molecule is CC1(C)CCC2(C(=O)O[Si](C)(C)C)CCC3(C)C(=CCC4C5(C)CCC(O[Si](C)(C)C)C(C)(CO[Si](C)(C)C)C5CCC43C)C2C1. The quantitative estimate of drug-likeness (QED) is 0.197. The number of carbonyl (C=O) groups is 1. The molecule has 0 aromatic heterocycles. The lowest BCUT2D eigenvalue weighted by atomic mass is 9.33. The second kappa shape index (κ2) is 11.4. The van der Waals surface area contributed by atoms with Crippen LogP contribution in [0, 0.1) is 50.2 Å². The van der Waals surface area contributed by atoms with E-state index < -0.39 is 25.0 Å². The first-order chi connectivity index (χ1) is 20.7. The lowest BCUT2D eigenvalue weighted by Gasteiger charge is -2.71. The van der Waals surface area contributed by atoms with Crippen LogP contribution in [-0.4, -0.2) is 43.6 Å². The summed E-state index contributed by atoms with van der Waals surface area (Å²) in [6.07, 6.45) is 14.3. The van der Waals surface area contributed by atoms with Crippen LogP contribution in [-0.2, 0) is 18.1 Å². The Morgan fingerprint density at radius 2 is 1.39 bits per heavy atom. The second-order valence-electron chi connectivity index (χ2n) is 21.5. The molecule has 0 aromatic carbocycles. The predicted octanol–water partition coefficient (Wildman–Crippen LogP) is 11.2. The van der Waals surface area contributed by atoms with Crippen molar-refractivity contribution in [1.82, 2.24) is 0 Å². The van der Waals surface area contributed by atoms with Crippen LogP contribution in [0.25, 0.3) is 0 Å². The number of rotatable bonds is 7. The summed E-state index contributed by atoms with van der Waals surface area (Å²) in [4.78, 5) is 14.3. The lowest BCUT2D eigenvalue weighted by Crippen LogP contribution is -2.67. The molecule has 9 atom stereocenters. The van der Waals surface area contributed by atoms with Crippen LogP contribution in [0.4, 0.5) is 0 Å². The van der Waals surface area contributed by atoms with E-state index in [0.717, 1.165) is 51.6 Å². The molecule has 7 heteroatoms. The van der Waals surface area contributed by atoms with Crippen LogP contribution in [0.1, 0.15) is 106 Å². The van der Waals surface area contributed by atoms with Crippen LogP contribution in [0.15, 0.2) is 11.6 Å². The van der Waals surface area contributed by atoms with Crippen LogP contribution in [0.2, 0.25) is 58.9 Å². The molecule has 4 nitrogen and oxygen atoms in total. The van der Waals surface area contributed by atoms with Crippen molar-refractivity contribution in [3.8, 4) is 0 Å². The van der Waals surface area contributed by atoms with Crippen molar-refractivity contribution in [3.05, 3.63) is 11.6 Å². The number of carbonyl (C=O) groups excluding carboxylic acids is 1. The van der Waals surface area contributed by atoms with Crippen LogP contribution in [0.5, 0.6) is 0 Å². The number of hydrogen-bond acceptors (Lipinski definition) is 4. The highest BCUT2D eigenvalue weighted by Crippen LogP contribution is 2.76. The fourth-order valence-electron chi connectivity index (χ4n) is 12.0. The van der Waals surface area contributed by atoms with E-state index in [1.807, 2.05) is 0 Å². The molecule has 5 aliphatic rings. The number of allylic oxidation sites excluding steroid dienone is 2. The molecule has 5 rings (SSSR count). The van der Waals surface area contributed by atoms with Gasteiger partial charge < -0.3 is 13.3 Å². The van der Waals surface area contributed by atoms with Gasteiger partial charge >= 0.3 is 0 Å². The van der Waals surface area contributed by atoms with Gasteiger partial charge in [0.2, 0.25) is 8.32 Å². The van der Waals surface area contributed by atoms with Crippen LogP contribution in [0.3, 0.4) is 0 Å². The van der Waals surface area contributed by atoms with E-state index >= 15 is 0 Å². The van der Waals surface area contributed by atoms with Crippen molar-refractivity contribution in [3.63, 3.8) is 0 Å². The standard InChI is InChI=1S/C39H72O4Si3/c1-34(2)22-24-39(33(40)43-46(13,14)15)25-23-37(5)28(29(39)26-34)16-17-31-35(3)20-19-32(42-45(10,11)12)36(4,27-41-44(7,8)9)30(35)18-21-38(31,37)6/h16,29-32H,17-27H2,1-15H3. The topological polar surface area (TPSA) is 44.8 Å². The molecule has 9 unspecified atom stereocenters. The molecule has 0 heterocycles. The van der Waals surface area contributed by atoms with Gasteiger partial charge in [0.05, 0.1) is 11.5 Å². The summed E-state index contributed by atoms with van der Waals surface area (Å²) in [5.41, 5.74) is 2.14. The molecular formula is C39H72O4Si3. The molecule has 0 spiro atoms. The maximum Gasteiger partial charge on any atom is 0.299 e. The third-order valence-electron chi connectivity index (χ3n) is 14.5. The first kappa shape index (κ1) is 37.0. The van der Waals surface area contributed by atoms with Gasteiger partial charge in [0.1, 0.15) is 0 Å². The summed E-state index contributed by atoms with van der Waals surface area (Å²) in [6.45, 7) is 36.9. The van der Waals surface area contributed by atoms with Gasteiger partial charge in [-0.1, -0.05) is 53.2 Å². The van der Waals surface area contributed by atoms with Crippen molar-refractivity contribution >= 4 is 30.9 Å². The first-order valence-electron chi connectivity index (χ1n) is 19.0. The molecule has 5 aliphatic carbocycles. The minimum atomic E-state index is -1.99. The highest BCUT2D eigenvalue weighted by molar-refractivity contribution is 6.71. The summed E-state index contributed by atoms with van der Waals surface area (Å²) < 4.78 is 20.3. The second-order valence-corrected chi connectivity index (χ2v) is 34.9. The van der Waals surface area contributed by atoms with Gasteiger partial charge in [-0.05, 0) is 163 Å². The van der Waals surface area contributed by atoms with Crippen LogP contribution < -0.4 is 0 Å². The molecule has 0 aromatic rings. The third-order valence-corrected chi connectivity index (χ3v) is 17.3. The smallest absolute Gasteiger partial charge is 0.299 e. The summed E-state index contributed by atoms with van der Waals surface area (Å²) >= 11 is 0. The van der Waals surface area contributed by atoms with E-state index in [9.17, 15) is 4.79 Å². The number of hydrogen-bond donors (Lipinski definition) is 0. The van der Waals surface area contributed by atoms with Crippen molar-refractivity contribution in [2.45, 2.75) is 171 Å². The monoisotopic (exact) mass is 688 g/mol. The minimum absolute atomic E-state index is 0.0233. The van der Waals surface area contributed by atoms with Crippen molar-refractivity contribution in [2.24, 2.45) is 50.2 Å². The highest BCUT2D eigenvalue weighted by atomic mass is 28.4. The molecule has 0 N–H and O–H groups in total. The maximum absolute atomic E-state index is 14.3. The zero-order valence-electron chi connectivity index (χ0n) is 32.8. The van der Waals surface area contributed by atoms with Crippen molar-refractivity contribution < 1.29 is 18.1 Å². The largest absolute Gasteiger partial charge is 0.519 e. The van der Waals surface area contributed by atoms with Gasteiger partial charge in [-0.25, -0.2) is 0 Å². The normalized spacial score (nSPS) is 44.2. The van der Waals surface area contributed by atoms with Crippen molar-refractivity contribution in [1.29, 1.82) is 0 Å². The van der Waals surface area contributed by atoms with Crippen LogP contribution >= 0.6 is 0 Å². The summed E-state index contributed by atoms with van der Waals surface area (Å²) in [7, 11) is -5.41. The molecule has 0 aliphatic heterocycles. The molecule has 264 valence electrons. The lowest BCUT2D eigenvalue weighted by molar-refractivity contribution is -0.212. The fourth-order valence-corrected chi connectivity index (χ4v) is 14.7. The zero-order chi connectivity index (χ0) is 34.6. The average molecular weight is 689 g/mol. The molecule has 4 fully saturated rings.